The molecule has 0 aliphatic heterocycles. The molecule has 0 N–H and O–H groups in total. The molecule has 216 valence electrons. The van der Waals surface area contributed by atoms with Crippen molar-refractivity contribution in [3.63, 3.8) is 0 Å². The highest BCUT2D eigenvalue weighted by Gasteiger charge is 2.44. The van der Waals surface area contributed by atoms with Gasteiger partial charge in [0.2, 0.25) is 23.2 Å². The molecule has 0 saturated carbocycles. The summed E-state index contributed by atoms with van der Waals surface area (Å²) in [4.78, 5) is 18.9. The number of benzene rings is 2. The van der Waals surface area contributed by atoms with E-state index in [1.54, 1.807) is 6.07 Å². The van der Waals surface area contributed by atoms with Crippen LogP contribution in [0.4, 0.5) is 27.6 Å². The summed E-state index contributed by atoms with van der Waals surface area (Å²) in [6.07, 6.45) is 0.687. The quantitative estimate of drug-likeness (QED) is 0.129. The molecular formula is C32H3F5N10. The topological polar surface area (TPSA) is 138 Å². The van der Waals surface area contributed by atoms with E-state index in [2.05, 4.69) is 29.3 Å². The van der Waals surface area contributed by atoms with Gasteiger partial charge in [0, 0.05) is 45.2 Å². The van der Waals surface area contributed by atoms with Crippen LogP contribution in [-0.4, -0.2) is 9.97 Å². The highest BCUT2D eigenvalue weighted by atomic mass is 19.1. The number of aromatic nitrogens is 2. The number of hydrogen-bond acceptors (Lipinski definition) is 6. The molecular weight excluding hydrogens is 619 g/mol. The van der Waals surface area contributed by atoms with Gasteiger partial charge in [0.05, 0.1) is 49.6 Å². The first-order chi connectivity index (χ1) is 22.6. The largest absolute Gasteiger partial charge is 0.270 e. The Bertz CT molecular complexity index is 2520. The van der Waals surface area contributed by atoms with Gasteiger partial charge in [-0.25, -0.2) is 52.4 Å². The molecule has 10 nitrogen and oxygen atoms in total. The van der Waals surface area contributed by atoms with Gasteiger partial charge in [-0.05, 0) is 23.3 Å². The van der Waals surface area contributed by atoms with Gasteiger partial charge in [0.25, 0.3) is 11.4 Å². The Morgan fingerprint density at radius 1 is 0.681 bits per heavy atom. The van der Waals surface area contributed by atoms with Gasteiger partial charge in [-0.1, -0.05) is 0 Å². The van der Waals surface area contributed by atoms with E-state index in [0.717, 1.165) is 0 Å². The van der Waals surface area contributed by atoms with Crippen LogP contribution >= 0.6 is 0 Å². The Labute approximate surface area is 260 Å². The Hall–Kier alpha value is -7.95. The number of fused-ring (bicyclic) bond motifs is 2. The first-order valence-electron chi connectivity index (χ1n) is 12.3. The molecule has 2 aromatic carbocycles. The minimum Gasteiger partial charge on any atom is -0.237 e. The number of nitrogens with zero attached hydrogens (tertiary/aromatic N) is 10. The van der Waals surface area contributed by atoms with Crippen molar-refractivity contribution in [3.05, 3.63) is 144 Å². The summed E-state index contributed by atoms with van der Waals surface area (Å²) >= 11 is 0. The predicted octanol–water partition coefficient (Wildman–Crippen LogP) is 7.15. The summed E-state index contributed by atoms with van der Waals surface area (Å²) in [5.41, 5.74) is -13.3. The van der Waals surface area contributed by atoms with Crippen molar-refractivity contribution in [1.82, 2.24) is 9.97 Å². The average molecular weight is 622 g/mol. The van der Waals surface area contributed by atoms with Gasteiger partial charge < -0.3 is 0 Å². The zero-order chi connectivity index (χ0) is 34.3. The van der Waals surface area contributed by atoms with Gasteiger partial charge in [-0.2, -0.15) is 19.9 Å². The Morgan fingerprint density at radius 3 is 1.79 bits per heavy atom. The van der Waals surface area contributed by atoms with Crippen molar-refractivity contribution >= 4 is 39.2 Å². The molecule has 3 aromatic rings. The molecule has 0 unspecified atom stereocenters. The Kier molecular flexibility index (Phi) is 7.32. The smallest absolute Gasteiger partial charge is 0.237 e. The molecule has 1 aromatic heterocycles. The summed E-state index contributed by atoms with van der Waals surface area (Å²) in [5, 5.41) is 38.8. The molecule has 1 heterocycles. The highest BCUT2D eigenvalue weighted by molar-refractivity contribution is 6.29. The van der Waals surface area contributed by atoms with Crippen LogP contribution < -0.4 is 0 Å². The Morgan fingerprint density at radius 2 is 1.28 bits per heavy atom. The first-order valence-corrected chi connectivity index (χ1v) is 12.3. The number of hydrogen-bond donors (Lipinski definition) is 0. The lowest BCUT2D eigenvalue weighted by Crippen LogP contribution is -2.05. The molecule has 15 heteroatoms. The van der Waals surface area contributed by atoms with Gasteiger partial charge in [0.1, 0.15) is 35.4 Å². The molecule has 2 aliphatic carbocycles. The summed E-state index contributed by atoms with van der Waals surface area (Å²) in [6, 6.07) is 6.84. The maximum atomic E-state index is 17.0. The van der Waals surface area contributed by atoms with Crippen LogP contribution in [0.15, 0.2) is 29.7 Å². The molecule has 2 aliphatic rings. The van der Waals surface area contributed by atoms with Crippen LogP contribution in [0.3, 0.4) is 0 Å². The van der Waals surface area contributed by atoms with Crippen molar-refractivity contribution < 1.29 is 22.0 Å². The standard InChI is InChI=1S/C32H3F5N10/c1-42-17-6-15(33)12(5-16(17)34)23-25(19(9-40)44-3)27-28(31(23)45-4)29(35)22-13(7-38)21(14-11-46-20(10-41)47-32(14)37)24(18(8-39)43-2)26(22)30(27)36/h5-6,11H/b24-18-,25-19+. The maximum absolute atomic E-state index is 17.0. The fraction of sp³-hybridized carbons (Fsp3) is 0. The van der Waals surface area contributed by atoms with Gasteiger partial charge >= 0.3 is 0 Å². The van der Waals surface area contributed by atoms with Crippen molar-refractivity contribution in [2.75, 3.05) is 0 Å². The SMILES string of the molecule is [C-]#[N+]C1=C(c2cc(F)c([N+]#[C-])cc2F)/C(=C(/C#N)[N+]#[C-])c2c(F)c3c(c(F)c21)C(C#N)=C(c1cnc(C#N)nc1F)/C3=C(\C#N)[N+]#[C-]. The predicted molar refractivity (Wildman–Crippen MR) is 150 cm³/mol. The van der Waals surface area contributed by atoms with E-state index in [-0.39, 0.29) is 0 Å². The number of rotatable bonds is 2. The third kappa shape index (κ3) is 4.16. The lowest BCUT2D eigenvalue weighted by molar-refractivity contribution is 0.573. The zero-order valence-corrected chi connectivity index (χ0v) is 22.6. The number of allylic oxidation sites excluding steroid dienone is 7. The summed E-state index contributed by atoms with van der Waals surface area (Å²) in [7, 11) is 0. The van der Waals surface area contributed by atoms with Crippen molar-refractivity contribution in [2.24, 2.45) is 0 Å². The minimum absolute atomic E-state index is 0.441. The van der Waals surface area contributed by atoms with E-state index >= 15 is 17.6 Å². The molecule has 0 atom stereocenters. The lowest BCUT2D eigenvalue weighted by Gasteiger charge is -2.16. The molecule has 0 saturated heterocycles. The van der Waals surface area contributed by atoms with Crippen LogP contribution in [0.5, 0.6) is 0 Å². The van der Waals surface area contributed by atoms with E-state index in [1.807, 2.05) is 0 Å². The summed E-state index contributed by atoms with van der Waals surface area (Å²) in [6.45, 7) is 29.8. The molecule has 0 radical (unpaired) electrons. The van der Waals surface area contributed by atoms with Crippen LogP contribution in [0.25, 0.3) is 52.9 Å². The van der Waals surface area contributed by atoms with Crippen LogP contribution in [0.1, 0.15) is 39.2 Å². The molecule has 47 heavy (non-hydrogen) atoms. The van der Waals surface area contributed by atoms with Crippen LogP contribution in [0.2, 0.25) is 0 Å². The molecule has 0 fully saturated rings. The molecule has 0 amide bonds. The van der Waals surface area contributed by atoms with E-state index < -0.39 is 119 Å². The average Bonchev–Trinajstić information content (AvgIpc) is 3.60. The lowest BCUT2D eigenvalue weighted by atomic mass is 9.90. The van der Waals surface area contributed by atoms with Gasteiger partial charge in [0.15, 0.2) is 0 Å². The van der Waals surface area contributed by atoms with E-state index in [4.69, 9.17) is 31.6 Å². The monoisotopic (exact) mass is 622 g/mol. The van der Waals surface area contributed by atoms with Crippen molar-refractivity contribution in [2.45, 2.75) is 0 Å². The second-order valence-corrected chi connectivity index (χ2v) is 9.12. The third-order valence-electron chi connectivity index (χ3n) is 7.02. The van der Waals surface area contributed by atoms with Gasteiger partial charge in [-0.15, -0.1) is 0 Å². The fourth-order valence-corrected chi connectivity index (χ4v) is 5.26. The molecule has 5 rings (SSSR count). The van der Waals surface area contributed by atoms with Crippen molar-refractivity contribution in [3.8, 4) is 24.3 Å². The first kappa shape index (κ1) is 30.5. The summed E-state index contributed by atoms with van der Waals surface area (Å²) < 4.78 is 79.2. The van der Waals surface area contributed by atoms with E-state index in [0.29, 0.717) is 18.3 Å². The molecule has 0 spiro atoms. The maximum Gasteiger partial charge on any atom is 0.270 e. The van der Waals surface area contributed by atoms with E-state index in [1.165, 1.54) is 18.2 Å². The summed E-state index contributed by atoms with van der Waals surface area (Å²) in [5.74, 6) is -7.99. The van der Waals surface area contributed by atoms with Crippen LogP contribution in [-0.2, 0) is 0 Å². The van der Waals surface area contributed by atoms with E-state index in [9.17, 15) is 20.2 Å². The molecule has 0 bridgehead atoms. The minimum atomic E-state index is -1.61. The second kappa shape index (κ2) is 11.3. The number of nitriles is 4. The number of halogens is 5. The van der Waals surface area contributed by atoms with Gasteiger partial charge in [-0.3, -0.25) is 0 Å². The fourth-order valence-electron chi connectivity index (χ4n) is 5.26. The van der Waals surface area contributed by atoms with Crippen molar-refractivity contribution in [1.29, 1.82) is 21.0 Å². The highest BCUT2D eigenvalue weighted by Crippen LogP contribution is 2.58. The zero-order valence-electron chi connectivity index (χ0n) is 22.6. The second-order valence-electron chi connectivity index (χ2n) is 9.12. The normalized spacial score (nSPS) is 14.7. The van der Waals surface area contributed by atoms with Crippen LogP contribution in [0, 0.1) is 101 Å². The third-order valence-corrected chi connectivity index (χ3v) is 7.02. The Balaban J connectivity index is 2.05.